The molecule has 3 aliphatic heterocycles. The van der Waals surface area contributed by atoms with Gasteiger partial charge in [0.1, 0.15) is 6.33 Å². The van der Waals surface area contributed by atoms with Crippen LogP contribution in [0.2, 0.25) is 0 Å². The fraction of sp³-hybridized carbons (Fsp3) is 0.706. The maximum atomic E-state index is 12.8. The van der Waals surface area contributed by atoms with Gasteiger partial charge >= 0.3 is 0 Å². The molecule has 5 rings (SSSR count). The van der Waals surface area contributed by atoms with Gasteiger partial charge in [-0.05, 0) is 6.92 Å². The van der Waals surface area contributed by atoms with Gasteiger partial charge in [0.2, 0.25) is 5.91 Å². The first-order chi connectivity index (χ1) is 13.2. The Bertz CT molecular complexity index is 847. The van der Waals surface area contributed by atoms with Crippen molar-refractivity contribution >= 4 is 22.9 Å². The summed E-state index contributed by atoms with van der Waals surface area (Å²) < 4.78 is 13.2. The van der Waals surface area contributed by atoms with E-state index in [1.165, 1.54) is 6.33 Å². The van der Waals surface area contributed by atoms with Gasteiger partial charge in [-0.3, -0.25) is 4.79 Å². The number of likely N-dealkylation sites (tertiary alicyclic amines) is 1. The number of fused-ring (bicyclic) bond motifs is 1. The van der Waals surface area contributed by atoms with Gasteiger partial charge < -0.3 is 19.3 Å². The molecule has 1 amide bonds. The van der Waals surface area contributed by atoms with E-state index in [1.807, 2.05) is 11.8 Å². The number of ether oxygens (including phenoxy) is 2. The van der Waals surface area contributed by atoms with Gasteiger partial charge in [0.05, 0.1) is 19.1 Å². The predicted molar refractivity (Wildman–Crippen MR) is 94.9 cm³/mol. The van der Waals surface area contributed by atoms with Gasteiger partial charge in [-0.1, -0.05) is 5.21 Å². The van der Waals surface area contributed by atoms with Crippen molar-refractivity contribution in [2.24, 2.45) is 5.92 Å². The number of carbonyl (C=O) groups excluding carboxylic acids is 1. The summed E-state index contributed by atoms with van der Waals surface area (Å²) in [6.45, 7) is 6.70. The summed E-state index contributed by atoms with van der Waals surface area (Å²) in [5.74, 6) is 0.520. The normalized spacial score (nSPS) is 22.6. The van der Waals surface area contributed by atoms with Crippen LogP contribution in [-0.4, -0.2) is 80.9 Å². The van der Waals surface area contributed by atoms with Crippen LogP contribution < -0.4 is 4.90 Å². The van der Waals surface area contributed by atoms with Gasteiger partial charge in [-0.15, -0.1) is 5.10 Å². The summed E-state index contributed by atoms with van der Waals surface area (Å²) in [6.07, 6.45) is 3.04. The molecule has 5 heterocycles. The lowest BCUT2D eigenvalue weighted by atomic mass is 9.95. The number of carbonyl (C=O) groups is 1. The molecule has 0 aromatic carbocycles. The van der Waals surface area contributed by atoms with E-state index in [4.69, 9.17) is 9.47 Å². The molecule has 0 aliphatic carbocycles. The van der Waals surface area contributed by atoms with Crippen LogP contribution in [0.4, 0.5) is 5.82 Å². The topological polar surface area (TPSA) is 98.5 Å². The van der Waals surface area contributed by atoms with Crippen molar-refractivity contribution in [3.8, 4) is 0 Å². The highest BCUT2D eigenvalue weighted by Crippen LogP contribution is 2.33. The van der Waals surface area contributed by atoms with Crippen LogP contribution in [0.3, 0.4) is 0 Å². The molecule has 10 nitrogen and oxygen atoms in total. The van der Waals surface area contributed by atoms with Crippen molar-refractivity contribution in [3.63, 3.8) is 0 Å². The lowest BCUT2D eigenvalue weighted by molar-refractivity contribution is -0.188. The van der Waals surface area contributed by atoms with Crippen molar-refractivity contribution in [3.05, 3.63) is 6.33 Å². The second kappa shape index (κ2) is 6.38. The number of anilines is 1. The Morgan fingerprint density at radius 1 is 1.22 bits per heavy atom. The van der Waals surface area contributed by atoms with E-state index in [0.717, 1.165) is 24.3 Å². The molecule has 0 saturated carbocycles. The van der Waals surface area contributed by atoms with E-state index in [-0.39, 0.29) is 11.8 Å². The molecule has 3 saturated heterocycles. The lowest BCUT2D eigenvalue weighted by Crippen LogP contribution is -2.57. The van der Waals surface area contributed by atoms with Crippen LogP contribution in [0.5, 0.6) is 0 Å². The summed E-state index contributed by atoms with van der Waals surface area (Å²) in [6, 6.07) is 0. The maximum absolute atomic E-state index is 12.8. The Labute approximate surface area is 156 Å². The minimum absolute atomic E-state index is 0.00398. The Kier molecular flexibility index (Phi) is 3.97. The van der Waals surface area contributed by atoms with Crippen LogP contribution in [0.25, 0.3) is 11.2 Å². The van der Waals surface area contributed by atoms with E-state index in [0.29, 0.717) is 51.5 Å². The fourth-order valence-corrected chi connectivity index (χ4v) is 4.14. The molecule has 1 spiro atoms. The smallest absolute Gasteiger partial charge is 0.229 e. The Balaban J connectivity index is 1.22. The Hall–Kier alpha value is -2.33. The van der Waals surface area contributed by atoms with Gasteiger partial charge in [0, 0.05) is 45.6 Å². The number of rotatable bonds is 3. The van der Waals surface area contributed by atoms with Gasteiger partial charge in [0.15, 0.2) is 22.8 Å². The molecule has 3 fully saturated rings. The number of hydrogen-bond acceptors (Lipinski definition) is 8. The second-order valence-corrected chi connectivity index (χ2v) is 7.31. The van der Waals surface area contributed by atoms with Crippen molar-refractivity contribution in [2.45, 2.75) is 32.1 Å². The maximum Gasteiger partial charge on any atom is 0.229 e. The standard InChI is InChI=1S/C17H23N7O3/c1-2-24-15-13(20-21-24)14(18-11-19-15)23-9-12(10-23)16(25)22-5-3-17(4-6-22)26-7-8-27-17/h11-12H,2-10H2,1H3. The molecule has 10 heteroatoms. The highest BCUT2D eigenvalue weighted by atomic mass is 16.7. The molecular weight excluding hydrogens is 350 g/mol. The van der Waals surface area contributed by atoms with Crippen LogP contribution in [0.15, 0.2) is 6.33 Å². The van der Waals surface area contributed by atoms with Crippen LogP contribution in [0.1, 0.15) is 19.8 Å². The molecule has 144 valence electrons. The van der Waals surface area contributed by atoms with Crippen molar-refractivity contribution in [1.29, 1.82) is 0 Å². The Morgan fingerprint density at radius 2 is 1.96 bits per heavy atom. The molecule has 0 unspecified atom stereocenters. The van der Waals surface area contributed by atoms with E-state index in [2.05, 4.69) is 25.2 Å². The van der Waals surface area contributed by atoms with Gasteiger partial charge in [-0.25, -0.2) is 14.6 Å². The predicted octanol–water partition coefficient (Wildman–Crippen LogP) is 0.0429. The summed E-state index contributed by atoms with van der Waals surface area (Å²) in [5.41, 5.74) is 1.43. The third kappa shape index (κ3) is 2.74. The zero-order valence-corrected chi connectivity index (χ0v) is 15.4. The minimum atomic E-state index is -0.444. The SMILES string of the molecule is CCn1nnc2c(N3CC(C(=O)N4CCC5(CC4)OCCO5)C3)ncnc21. The zero-order valence-electron chi connectivity index (χ0n) is 15.4. The number of amides is 1. The van der Waals surface area contributed by atoms with E-state index < -0.39 is 5.79 Å². The molecular formula is C17H23N7O3. The highest BCUT2D eigenvalue weighted by molar-refractivity contribution is 5.86. The van der Waals surface area contributed by atoms with Crippen LogP contribution in [-0.2, 0) is 20.8 Å². The molecule has 27 heavy (non-hydrogen) atoms. The molecule has 3 aliphatic rings. The first kappa shape index (κ1) is 16.8. The average Bonchev–Trinajstić information content (AvgIpc) is 3.28. The quantitative estimate of drug-likeness (QED) is 0.744. The third-order valence-electron chi connectivity index (χ3n) is 5.76. The number of piperidine rings is 1. The van der Waals surface area contributed by atoms with E-state index >= 15 is 0 Å². The molecule has 2 aromatic heterocycles. The zero-order chi connectivity index (χ0) is 18.4. The first-order valence-electron chi connectivity index (χ1n) is 9.55. The van der Waals surface area contributed by atoms with Crippen LogP contribution in [0, 0.1) is 5.92 Å². The summed E-state index contributed by atoms with van der Waals surface area (Å²) in [4.78, 5) is 25.5. The summed E-state index contributed by atoms with van der Waals surface area (Å²) in [7, 11) is 0. The summed E-state index contributed by atoms with van der Waals surface area (Å²) >= 11 is 0. The third-order valence-corrected chi connectivity index (χ3v) is 5.76. The molecule has 0 N–H and O–H groups in total. The summed E-state index contributed by atoms with van der Waals surface area (Å²) in [5, 5.41) is 8.33. The number of hydrogen-bond donors (Lipinski definition) is 0. The fourth-order valence-electron chi connectivity index (χ4n) is 4.14. The largest absolute Gasteiger partial charge is 0.353 e. The highest BCUT2D eigenvalue weighted by Gasteiger charge is 2.43. The van der Waals surface area contributed by atoms with Gasteiger partial charge in [-0.2, -0.15) is 0 Å². The van der Waals surface area contributed by atoms with Crippen molar-refractivity contribution < 1.29 is 14.3 Å². The molecule has 0 radical (unpaired) electrons. The van der Waals surface area contributed by atoms with E-state index in [1.54, 1.807) is 4.68 Å². The number of aromatic nitrogens is 5. The second-order valence-electron chi connectivity index (χ2n) is 7.31. The Morgan fingerprint density at radius 3 is 2.67 bits per heavy atom. The molecule has 2 aromatic rings. The first-order valence-corrected chi connectivity index (χ1v) is 9.55. The minimum Gasteiger partial charge on any atom is -0.353 e. The van der Waals surface area contributed by atoms with Crippen molar-refractivity contribution in [2.75, 3.05) is 44.3 Å². The number of aryl methyl sites for hydroxylation is 1. The van der Waals surface area contributed by atoms with Crippen LogP contribution >= 0.6 is 0 Å². The average molecular weight is 373 g/mol. The van der Waals surface area contributed by atoms with Gasteiger partial charge in [0.25, 0.3) is 0 Å². The van der Waals surface area contributed by atoms with E-state index in [9.17, 15) is 4.79 Å². The van der Waals surface area contributed by atoms with Crippen molar-refractivity contribution in [1.82, 2.24) is 29.9 Å². The molecule has 0 atom stereocenters. The molecule has 0 bridgehead atoms. The lowest BCUT2D eigenvalue weighted by Gasteiger charge is -2.44. The number of nitrogens with zero attached hydrogens (tertiary/aromatic N) is 7. The monoisotopic (exact) mass is 373 g/mol.